The van der Waals surface area contributed by atoms with Crippen LogP contribution in [0.1, 0.15) is 12.8 Å². The average molecular weight is 284 g/mol. The third-order valence-corrected chi connectivity index (χ3v) is 3.84. The number of pyridine rings is 1. The fourth-order valence-electron chi connectivity index (χ4n) is 2.70. The van der Waals surface area contributed by atoms with Crippen molar-refractivity contribution >= 4 is 17.1 Å². The Morgan fingerprint density at radius 1 is 1.25 bits per heavy atom. The number of fused-ring (bicyclic) bond motifs is 1. The first-order valence-electron chi connectivity index (χ1n) is 6.56. The topological polar surface area (TPSA) is 34.0 Å². The van der Waals surface area contributed by atoms with Crippen molar-refractivity contribution in [2.24, 2.45) is 13.0 Å². The first-order valence-corrected chi connectivity index (χ1v) is 6.56. The number of rotatable bonds is 1. The molecular formula is C13H15F3N4. The Bertz CT molecular complexity index is 612. The minimum atomic E-state index is -4.08. The van der Waals surface area contributed by atoms with Crippen LogP contribution in [-0.4, -0.2) is 33.8 Å². The Morgan fingerprint density at radius 2 is 1.95 bits per heavy atom. The molecule has 7 heteroatoms. The van der Waals surface area contributed by atoms with Crippen LogP contribution >= 0.6 is 0 Å². The van der Waals surface area contributed by atoms with E-state index in [1.165, 1.54) is 0 Å². The molecule has 0 aliphatic carbocycles. The number of aryl methyl sites for hydroxylation is 1. The molecule has 0 spiro atoms. The van der Waals surface area contributed by atoms with E-state index < -0.39 is 12.1 Å². The van der Waals surface area contributed by atoms with E-state index in [0.29, 0.717) is 19.0 Å². The Kier molecular flexibility index (Phi) is 3.07. The number of imidazole rings is 1. The summed E-state index contributed by atoms with van der Waals surface area (Å²) in [4.78, 5) is 10.6. The number of anilines is 1. The predicted molar refractivity (Wildman–Crippen MR) is 69.5 cm³/mol. The summed E-state index contributed by atoms with van der Waals surface area (Å²) in [6.45, 7) is 0.753. The largest absolute Gasteiger partial charge is 0.391 e. The second-order valence-corrected chi connectivity index (χ2v) is 5.12. The lowest BCUT2D eigenvalue weighted by molar-refractivity contribution is -0.179. The summed E-state index contributed by atoms with van der Waals surface area (Å²) in [6.07, 6.45) is -2.15. The molecule has 0 bridgehead atoms. The first-order chi connectivity index (χ1) is 9.47. The quantitative estimate of drug-likeness (QED) is 0.807. The summed E-state index contributed by atoms with van der Waals surface area (Å²) in [7, 11) is 1.84. The van der Waals surface area contributed by atoms with Crippen molar-refractivity contribution < 1.29 is 13.2 Å². The second kappa shape index (κ2) is 4.64. The highest BCUT2D eigenvalue weighted by atomic mass is 19.4. The van der Waals surface area contributed by atoms with E-state index in [9.17, 15) is 13.2 Å². The lowest BCUT2D eigenvalue weighted by Gasteiger charge is -2.33. The van der Waals surface area contributed by atoms with E-state index in [4.69, 9.17) is 0 Å². The highest BCUT2D eigenvalue weighted by Gasteiger charge is 2.41. The van der Waals surface area contributed by atoms with Crippen molar-refractivity contribution in [3.63, 3.8) is 0 Å². The molecule has 0 radical (unpaired) electrons. The van der Waals surface area contributed by atoms with Crippen molar-refractivity contribution in [2.45, 2.75) is 19.0 Å². The number of hydrogen-bond donors (Lipinski definition) is 0. The first kappa shape index (κ1) is 13.2. The molecule has 108 valence electrons. The van der Waals surface area contributed by atoms with Crippen molar-refractivity contribution in [1.29, 1.82) is 0 Å². The Balaban J connectivity index is 1.82. The summed E-state index contributed by atoms with van der Waals surface area (Å²) in [5.74, 6) is -0.495. The number of nitrogens with zero attached hydrogens (tertiary/aromatic N) is 4. The van der Waals surface area contributed by atoms with Crippen LogP contribution < -0.4 is 4.90 Å². The zero-order valence-corrected chi connectivity index (χ0v) is 11.1. The van der Waals surface area contributed by atoms with E-state index in [1.54, 1.807) is 12.3 Å². The summed E-state index contributed by atoms with van der Waals surface area (Å²) < 4.78 is 39.8. The van der Waals surface area contributed by atoms with Gasteiger partial charge in [-0.1, -0.05) is 0 Å². The Morgan fingerprint density at radius 3 is 2.55 bits per heavy atom. The molecule has 2 aromatic rings. The van der Waals surface area contributed by atoms with Gasteiger partial charge < -0.3 is 4.90 Å². The highest BCUT2D eigenvalue weighted by molar-refractivity contribution is 5.74. The van der Waals surface area contributed by atoms with E-state index in [2.05, 4.69) is 9.97 Å². The molecule has 0 amide bonds. The van der Waals surface area contributed by atoms with Gasteiger partial charge in [0.15, 0.2) is 5.65 Å². The van der Waals surface area contributed by atoms with Gasteiger partial charge in [-0.15, -0.1) is 0 Å². The zero-order valence-electron chi connectivity index (χ0n) is 11.1. The fraction of sp³-hybridized carbons (Fsp3) is 0.538. The van der Waals surface area contributed by atoms with Crippen LogP contribution in [0.4, 0.5) is 19.1 Å². The van der Waals surface area contributed by atoms with Crippen LogP contribution in [-0.2, 0) is 7.05 Å². The summed E-state index contributed by atoms with van der Waals surface area (Å²) in [6, 6.07) is 3.66. The van der Waals surface area contributed by atoms with Gasteiger partial charge in [0.05, 0.1) is 5.92 Å². The molecule has 3 heterocycles. The molecule has 0 atom stereocenters. The van der Waals surface area contributed by atoms with Gasteiger partial charge in [-0.2, -0.15) is 13.2 Å². The Hall–Kier alpha value is -1.79. The third-order valence-electron chi connectivity index (χ3n) is 3.84. The molecule has 0 aromatic carbocycles. The molecule has 3 rings (SSSR count). The molecule has 0 N–H and O–H groups in total. The molecule has 1 aliphatic rings. The van der Waals surface area contributed by atoms with E-state index in [0.717, 1.165) is 11.2 Å². The SMILES string of the molecule is Cn1c(N2CCC(C(F)(F)F)CC2)nc2cccnc21. The molecule has 1 saturated heterocycles. The average Bonchev–Trinajstić information content (AvgIpc) is 2.76. The zero-order chi connectivity index (χ0) is 14.3. The smallest absolute Gasteiger partial charge is 0.342 e. The normalized spacial score (nSPS) is 17.9. The van der Waals surface area contributed by atoms with Gasteiger partial charge in [-0.3, -0.25) is 4.57 Å². The van der Waals surface area contributed by atoms with E-state index >= 15 is 0 Å². The minimum absolute atomic E-state index is 0.125. The molecule has 0 saturated carbocycles. The molecule has 1 aliphatic heterocycles. The highest BCUT2D eigenvalue weighted by Crippen LogP contribution is 2.35. The standard InChI is InChI=1S/C13H15F3N4/c1-19-11-10(3-2-6-17-11)18-12(19)20-7-4-9(5-8-20)13(14,15)16/h2-3,6,9H,4-5,7-8H2,1H3. The van der Waals surface area contributed by atoms with Crippen molar-refractivity contribution in [3.8, 4) is 0 Å². The maximum atomic E-state index is 12.7. The molecule has 2 aromatic heterocycles. The molecule has 20 heavy (non-hydrogen) atoms. The van der Waals surface area contributed by atoms with E-state index in [-0.39, 0.29) is 12.8 Å². The van der Waals surface area contributed by atoms with Gasteiger partial charge in [-0.05, 0) is 25.0 Å². The summed E-state index contributed by atoms with van der Waals surface area (Å²) in [5.41, 5.74) is 1.52. The van der Waals surface area contributed by atoms with Gasteiger partial charge in [0, 0.05) is 26.3 Å². The fourth-order valence-corrected chi connectivity index (χ4v) is 2.70. The van der Waals surface area contributed by atoms with E-state index in [1.807, 2.05) is 22.6 Å². The van der Waals surface area contributed by atoms with Gasteiger partial charge in [0.1, 0.15) is 5.52 Å². The third kappa shape index (κ3) is 2.21. The number of halogens is 3. The van der Waals surface area contributed by atoms with Crippen LogP contribution in [0.25, 0.3) is 11.2 Å². The van der Waals surface area contributed by atoms with Gasteiger partial charge in [0.25, 0.3) is 0 Å². The lowest BCUT2D eigenvalue weighted by Crippen LogP contribution is -2.40. The van der Waals surface area contributed by atoms with Crippen LogP contribution in [0.2, 0.25) is 0 Å². The van der Waals surface area contributed by atoms with Crippen LogP contribution in [0.15, 0.2) is 18.3 Å². The maximum Gasteiger partial charge on any atom is 0.391 e. The van der Waals surface area contributed by atoms with Gasteiger partial charge >= 0.3 is 6.18 Å². The minimum Gasteiger partial charge on any atom is -0.342 e. The molecule has 4 nitrogen and oxygen atoms in total. The van der Waals surface area contributed by atoms with Crippen molar-refractivity contribution in [1.82, 2.24) is 14.5 Å². The number of aromatic nitrogens is 3. The van der Waals surface area contributed by atoms with Crippen molar-refractivity contribution in [2.75, 3.05) is 18.0 Å². The molecular weight excluding hydrogens is 269 g/mol. The predicted octanol–water partition coefficient (Wildman–Crippen LogP) is 2.75. The van der Waals surface area contributed by atoms with Crippen LogP contribution in [0, 0.1) is 5.92 Å². The van der Waals surface area contributed by atoms with Crippen molar-refractivity contribution in [3.05, 3.63) is 18.3 Å². The molecule has 1 fully saturated rings. The summed E-state index contributed by atoms with van der Waals surface area (Å²) >= 11 is 0. The van der Waals surface area contributed by atoms with Gasteiger partial charge in [-0.25, -0.2) is 9.97 Å². The number of piperidine rings is 1. The molecule has 0 unspecified atom stereocenters. The van der Waals surface area contributed by atoms with Crippen LogP contribution in [0.5, 0.6) is 0 Å². The second-order valence-electron chi connectivity index (χ2n) is 5.12. The van der Waals surface area contributed by atoms with Gasteiger partial charge in [0.2, 0.25) is 5.95 Å². The van der Waals surface area contributed by atoms with Crippen LogP contribution in [0.3, 0.4) is 0 Å². The maximum absolute atomic E-state index is 12.7. The summed E-state index contributed by atoms with van der Waals surface area (Å²) in [5, 5.41) is 0. The lowest BCUT2D eigenvalue weighted by atomic mass is 9.96. The number of hydrogen-bond acceptors (Lipinski definition) is 3. The Labute approximate surface area is 114 Å². The monoisotopic (exact) mass is 284 g/mol. The number of alkyl halides is 3.